The molecule has 0 amide bonds. The van der Waals surface area contributed by atoms with E-state index in [9.17, 15) is 20.3 Å². The second-order valence-electron chi connectivity index (χ2n) is 11.5. The van der Waals surface area contributed by atoms with Crippen LogP contribution in [0.25, 0.3) is 5.73 Å². The molecule has 1 unspecified atom stereocenters. The molecule has 7 atom stereocenters. The van der Waals surface area contributed by atoms with Crippen molar-refractivity contribution in [3.05, 3.63) is 50.7 Å². The topological polar surface area (TPSA) is 139 Å². The largest absolute Gasteiger partial charge is 0.665 e. The van der Waals surface area contributed by atoms with Gasteiger partial charge in [0.05, 0.1) is 23.4 Å². The number of aromatic hydroxyl groups is 2. The van der Waals surface area contributed by atoms with Crippen molar-refractivity contribution in [3.8, 4) is 29.1 Å². The Hall–Kier alpha value is -1.73. The summed E-state index contributed by atoms with van der Waals surface area (Å²) in [4.78, 5) is 17.1. The first-order valence-corrected chi connectivity index (χ1v) is 14.6. The number of likely N-dealkylation sites (N-methyl/N-ethyl adjacent to an activating group) is 1. The molecule has 2 saturated heterocycles. The minimum absolute atomic E-state index is 0. The van der Waals surface area contributed by atoms with Crippen LogP contribution in [-0.2, 0) is 16.0 Å². The number of phenols is 2. The molecule has 10 nitrogen and oxygen atoms in total. The molecule has 1 radical (unpaired) electrons. The number of carbonyl (C=O) groups is 1. The SMILES string of the molecule is Cc1cc2c(c(O)c1C)[C@@H]1C3[C@@H]4SC[C@H]([NH-])C(=O)OC[C@@H](c5c6c(c(C)c(O)c54)OCO6)N3[C@@H](C#N)[C@H](C2)N1C.[Ac]. The van der Waals surface area contributed by atoms with E-state index < -0.39 is 29.3 Å². The Kier molecular flexibility index (Phi) is 7.49. The quantitative estimate of drug-likeness (QED) is 0.380. The molecule has 213 valence electrons. The standard InChI is InChI=1S/C29H31N4O6S.Ac/c1-11-5-14-6-16-17(7-30)33-18-8-37-29(36)15(31)9-40-28(23(33)22(32(16)4)19(14)24(34)12(11)2)21-20(18)27-26(38-10-39-27)13(3)25(21)35;/h5,15-18,22-23,28,31,34-35H,6,8-10H2,1-4H3;/q-1;/t15-,16-,17-,18-,22+,23?,28+;/m0./s1. The average molecular weight is 791 g/mol. The third-order valence-electron chi connectivity index (χ3n) is 9.61. The fraction of sp³-hybridized carbons (Fsp3) is 0.517. The van der Waals surface area contributed by atoms with Crippen molar-refractivity contribution < 1.29 is 73.3 Å². The van der Waals surface area contributed by atoms with E-state index in [4.69, 9.17) is 19.9 Å². The number of fused-ring (bicyclic) bond motifs is 9. The normalized spacial score (nSPS) is 31.7. The molecule has 0 saturated carbocycles. The van der Waals surface area contributed by atoms with E-state index in [2.05, 4.69) is 21.9 Å². The Labute approximate surface area is 278 Å². The van der Waals surface area contributed by atoms with Gasteiger partial charge < -0.3 is 30.2 Å². The minimum atomic E-state index is -1.09. The van der Waals surface area contributed by atoms with Crippen LogP contribution in [0.5, 0.6) is 23.0 Å². The second-order valence-corrected chi connectivity index (χ2v) is 12.6. The molecule has 2 aromatic rings. The predicted octanol–water partition coefficient (Wildman–Crippen LogP) is 3.73. The molecular weight excluding hydrogens is 759 g/mol. The minimum Gasteiger partial charge on any atom is -0.665 e. The van der Waals surface area contributed by atoms with Crippen molar-refractivity contribution in [2.45, 2.75) is 68.7 Å². The van der Waals surface area contributed by atoms with Crippen LogP contribution >= 0.6 is 11.8 Å². The van der Waals surface area contributed by atoms with Gasteiger partial charge in [-0.2, -0.15) is 17.0 Å². The Balaban J connectivity index is 0.00000302. The predicted molar refractivity (Wildman–Crippen MR) is 147 cm³/mol. The molecule has 5 aliphatic rings. The molecule has 41 heavy (non-hydrogen) atoms. The number of nitrogens with one attached hydrogen (secondary N) is 1. The molecule has 3 N–H and O–H groups in total. The molecule has 0 spiro atoms. The van der Waals surface area contributed by atoms with Gasteiger partial charge in [-0.1, -0.05) is 6.07 Å². The Bertz CT molecular complexity index is 1510. The first-order valence-electron chi connectivity index (χ1n) is 13.5. The summed E-state index contributed by atoms with van der Waals surface area (Å²) in [5.41, 5.74) is 14.0. The fourth-order valence-corrected chi connectivity index (χ4v) is 9.00. The number of hydrogen-bond acceptors (Lipinski definition) is 10. The molecule has 12 heteroatoms. The summed E-state index contributed by atoms with van der Waals surface area (Å²) in [6, 6.07) is 1.55. The van der Waals surface area contributed by atoms with Crippen molar-refractivity contribution in [2.75, 3.05) is 26.2 Å². The first kappa shape index (κ1) is 29.3. The first-order chi connectivity index (χ1) is 19.1. The average Bonchev–Trinajstić information content (AvgIpc) is 3.42. The summed E-state index contributed by atoms with van der Waals surface area (Å²) >= 11 is 1.41. The van der Waals surface area contributed by atoms with E-state index in [1.54, 1.807) is 6.92 Å². The number of carbonyl (C=O) groups excluding carboxylic acids is 1. The van der Waals surface area contributed by atoms with Crippen LogP contribution in [0.15, 0.2) is 6.07 Å². The van der Waals surface area contributed by atoms with E-state index in [-0.39, 0.29) is 92.8 Å². The van der Waals surface area contributed by atoms with Crippen molar-refractivity contribution in [2.24, 2.45) is 0 Å². The number of rotatable bonds is 0. The third kappa shape index (κ3) is 3.99. The number of nitrogens with zero attached hydrogens (tertiary/aromatic N) is 3. The van der Waals surface area contributed by atoms with Gasteiger partial charge in [0, 0.05) is 78.4 Å². The van der Waals surface area contributed by atoms with Gasteiger partial charge in [0.15, 0.2) is 11.5 Å². The number of phenolic OH excluding ortho intramolecular Hbond substituents is 2. The van der Waals surface area contributed by atoms with E-state index in [0.29, 0.717) is 34.6 Å². The van der Waals surface area contributed by atoms with Crippen LogP contribution in [0, 0.1) is 76.2 Å². The number of ether oxygens (including phenoxy) is 3. The third-order valence-corrected chi connectivity index (χ3v) is 11.0. The van der Waals surface area contributed by atoms with Crippen LogP contribution in [0.3, 0.4) is 0 Å². The van der Waals surface area contributed by atoms with Gasteiger partial charge in [0.1, 0.15) is 24.1 Å². The summed E-state index contributed by atoms with van der Waals surface area (Å²) < 4.78 is 17.5. The van der Waals surface area contributed by atoms with Gasteiger partial charge in [-0.25, -0.2) is 0 Å². The van der Waals surface area contributed by atoms with Crippen LogP contribution in [0.2, 0.25) is 0 Å². The number of aryl methyl sites for hydroxylation is 1. The van der Waals surface area contributed by atoms with E-state index in [1.807, 2.05) is 20.9 Å². The number of hydrogen-bond donors (Lipinski definition) is 2. The van der Waals surface area contributed by atoms with Gasteiger partial charge in [-0.15, -0.1) is 0 Å². The van der Waals surface area contributed by atoms with Gasteiger partial charge in [0.25, 0.3) is 5.97 Å². The van der Waals surface area contributed by atoms with Crippen LogP contribution < -0.4 is 9.47 Å². The van der Waals surface area contributed by atoms with E-state index >= 15 is 0 Å². The molecular formula is C29H31AcN4O6S-. The molecule has 5 aliphatic heterocycles. The molecule has 7 rings (SSSR count). The number of piperazine rings is 1. The second kappa shape index (κ2) is 10.5. The van der Waals surface area contributed by atoms with Gasteiger partial charge in [-0.05, 0) is 62.7 Å². The zero-order valence-electron chi connectivity index (χ0n) is 23.3. The fourth-order valence-electron chi connectivity index (χ4n) is 7.57. The van der Waals surface area contributed by atoms with Crippen molar-refractivity contribution in [1.29, 1.82) is 5.26 Å². The summed E-state index contributed by atoms with van der Waals surface area (Å²) in [6.07, 6.45) is 0.585. The number of thioether (sulfide) groups is 1. The summed E-state index contributed by atoms with van der Waals surface area (Å²) in [5, 5.41) is 33.5. The number of nitriles is 1. The van der Waals surface area contributed by atoms with Crippen molar-refractivity contribution in [1.82, 2.24) is 9.80 Å². The summed E-state index contributed by atoms with van der Waals surface area (Å²) in [7, 11) is 2.00. The van der Waals surface area contributed by atoms with Crippen molar-refractivity contribution in [3.63, 3.8) is 0 Å². The maximum atomic E-state index is 12.8. The Morgan fingerprint density at radius 2 is 1.78 bits per heavy atom. The zero-order chi connectivity index (χ0) is 28.2. The summed E-state index contributed by atoms with van der Waals surface area (Å²) in [5.74, 6) is 0.854. The van der Waals surface area contributed by atoms with Gasteiger partial charge >= 0.3 is 0 Å². The molecule has 0 aromatic heterocycles. The maximum absolute atomic E-state index is 12.8. The Morgan fingerprint density at radius 1 is 1.07 bits per heavy atom. The van der Waals surface area contributed by atoms with Crippen molar-refractivity contribution >= 4 is 17.7 Å². The van der Waals surface area contributed by atoms with Crippen LogP contribution in [0.4, 0.5) is 0 Å². The molecule has 0 aliphatic carbocycles. The summed E-state index contributed by atoms with van der Waals surface area (Å²) in [6.45, 7) is 5.60. The monoisotopic (exact) mass is 790 g/mol. The van der Waals surface area contributed by atoms with Crippen LogP contribution in [0.1, 0.15) is 56.3 Å². The number of esters is 1. The number of benzene rings is 2. The smallest absolute Gasteiger partial charge is 0.288 e. The Morgan fingerprint density at radius 3 is 2.51 bits per heavy atom. The zero-order valence-corrected chi connectivity index (χ0v) is 28.9. The van der Waals surface area contributed by atoms with Crippen LogP contribution in [-0.4, -0.2) is 76.3 Å². The van der Waals surface area contributed by atoms with Gasteiger partial charge in [0.2, 0.25) is 6.79 Å². The molecule has 4 bridgehead atoms. The van der Waals surface area contributed by atoms with E-state index in [1.165, 1.54) is 11.8 Å². The van der Waals surface area contributed by atoms with E-state index in [0.717, 1.165) is 22.3 Å². The molecule has 2 aromatic carbocycles. The molecule has 2 fully saturated rings. The van der Waals surface area contributed by atoms with Gasteiger partial charge in [-0.3, -0.25) is 14.6 Å². The number of cyclic esters (lactones) is 1. The maximum Gasteiger partial charge on any atom is 0.288 e. The molecule has 5 heterocycles.